The van der Waals surface area contributed by atoms with Crippen LogP contribution >= 0.6 is 0 Å². The lowest BCUT2D eigenvalue weighted by molar-refractivity contribution is -0.591. The summed E-state index contributed by atoms with van der Waals surface area (Å²) in [6.07, 6.45) is 14.9. The van der Waals surface area contributed by atoms with Crippen molar-refractivity contribution in [1.29, 1.82) is 0 Å². The van der Waals surface area contributed by atoms with Gasteiger partial charge in [-0.1, -0.05) is 101 Å². The molecule has 0 aliphatic carbocycles. The fourth-order valence-electron chi connectivity index (χ4n) is 3.14. The Bertz CT molecular complexity index is 339. The first-order valence-electron chi connectivity index (χ1n) is 9.37. The zero-order valence-corrected chi connectivity index (χ0v) is 14.4. The van der Waals surface area contributed by atoms with Crippen LogP contribution < -0.4 is 5.48 Å². The number of quaternary nitrogens is 1. The van der Waals surface area contributed by atoms with Crippen LogP contribution in [0, 0.1) is 5.21 Å². The Balaban J connectivity index is 2.04. The maximum absolute atomic E-state index is 10.9. The molecular formula is C20H35NO. The van der Waals surface area contributed by atoms with Crippen LogP contribution in [0.5, 0.6) is 0 Å². The van der Waals surface area contributed by atoms with Crippen molar-refractivity contribution in [3.8, 4) is 0 Å². The molecule has 2 N–H and O–H groups in total. The van der Waals surface area contributed by atoms with Gasteiger partial charge in [0.05, 0.1) is 6.54 Å². The van der Waals surface area contributed by atoms with E-state index in [0.29, 0.717) is 12.5 Å². The third-order valence-electron chi connectivity index (χ3n) is 4.56. The van der Waals surface area contributed by atoms with Gasteiger partial charge in [-0.2, -0.15) is 0 Å². The maximum atomic E-state index is 10.9. The summed E-state index contributed by atoms with van der Waals surface area (Å²) in [5, 5.41) is 10.9. The second-order valence-corrected chi connectivity index (χ2v) is 6.48. The van der Waals surface area contributed by atoms with E-state index in [1.54, 1.807) is 0 Å². The van der Waals surface area contributed by atoms with Crippen molar-refractivity contribution in [2.75, 3.05) is 6.54 Å². The molecule has 0 saturated carbocycles. The first kappa shape index (κ1) is 19.2. The van der Waals surface area contributed by atoms with Crippen LogP contribution in [-0.2, 0) is 0 Å². The van der Waals surface area contributed by atoms with Crippen LogP contribution in [0.4, 0.5) is 0 Å². The highest BCUT2D eigenvalue weighted by atomic mass is 16.5. The Labute approximate surface area is 137 Å². The molecular weight excluding hydrogens is 270 g/mol. The van der Waals surface area contributed by atoms with E-state index in [9.17, 15) is 5.21 Å². The second kappa shape index (κ2) is 13.8. The standard InChI is InChI=1S/C20H35NO/c1-2-3-4-5-6-7-8-9-10-12-17-20(18-21-22)19-15-13-11-14-16-19/h11,13-16,20H,2-10,12,17-18,21H2,1H3. The predicted molar refractivity (Wildman–Crippen MR) is 95.8 cm³/mol. The first-order valence-corrected chi connectivity index (χ1v) is 9.37. The summed E-state index contributed by atoms with van der Waals surface area (Å²) in [6.45, 7) is 2.94. The number of hydroxylamine groups is 1. The highest BCUT2D eigenvalue weighted by Crippen LogP contribution is 2.21. The third kappa shape index (κ3) is 9.22. The first-order chi connectivity index (χ1) is 10.9. The zero-order chi connectivity index (χ0) is 15.9. The molecule has 0 saturated heterocycles. The summed E-state index contributed by atoms with van der Waals surface area (Å²) in [5.41, 5.74) is 2.40. The van der Waals surface area contributed by atoms with Crippen molar-refractivity contribution in [3.63, 3.8) is 0 Å². The molecule has 0 fully saturated rings. The van der Waals surface area contributed by atoms with Crippen molar-refractivity contribution >= 4 is 0 Å². The molecule has 0 amide bonds. The van der Waals surface area contributed by atoms with Crippen LogP contribution in [0.2, 0.25) is 0 Å². The molecule has 1 aromatic rings. The van der Waals surface area contributed by atoms with Gasteiger partial charge < -0.3 is 10.7 Å². The molecule has 2 nitrogen and oxygen atoms in total. The number of hydrogen-bond donors (Lipinski definition) is 1. The summed E-state index contributed by atoms with van der Waals surface area (Å²) < 4.78 is 0. The van der Waals surface area contributed by atoms with Gasteiger partial charge in [0.15, 0.2) is 0 Å². The summed E-state index contributed by atoms with van der Waals surface area (Å²) in [6, 6.07) is 10.5. The summed E-state index contributed by atoms with van der Waals surface area (Å²) in [5.74, 6) is 0.424. The lowest BCUT2D eigenvalue weighted by Crippen LogP contribution is -2.78. The zero-order valence-electron chi connectivity index (χ0n) is 14.4. The molecule has 0 spiro atoms. The Kier molecular flexibility index (Phi) is 12.0. The number of rotatable bonds is 14. The fourth-order valence-corrected chi connectivity index (χ4v) is 3.14. The number of benzene rings is 1. The molecule has 1 rings (SSSR count). The van der Waals surface area contributed by atoms with E-state index in [1.165, 1.54) is 69.8 Å². The minimum absolute atomic E-state index is 0.424. The molecule has 0 bridgehead atoms. The highest BCUT2D eigenvalue weighted by Gasteiger charge is 2.11. The van der Waals surface area contributed by atoms with E-state index in [-0.39, 0.29) is 0 Å². The molecule has 1 aromatic carbocycles. The molecule has 1 atom stereocenters. The maximum Gasteiger partial charge on any atom is 0.0822 e. The summed E-state index contributed by atoms with van der Waals surface area (Å²) in [7, 11) is 0. The van der Waals surface area contributed by atoms with Gasteiger partial charge in [-0.05, 0) is 12.0 Å². The molecule has 1 unspecified atom stereocenters. The average Bonchev–Trinajstić information content (AvgIpc) is 2.56. The summed E-state index contributed by atoms with van der Waals surface area (Å²) >= 11 is 0. The molecule has 0 radical (unpaired) electrons. The second-order valence-electron chi connectivity index (χ2n) is 6.48. The van der Waals surface area contributed by atoms with Crippen LogP contribution in [0.1, 0.15) is 89.0 Å². The van der Waals surface area contributed by atoms with Crippen molar-refractivity contribution in [3.05, 3.63) is 41.1 Å². The van der Waals surface area contributed by atoms with Crippen LogP contribution in [0.15, 0.2) is 30.3 Å². The fraction of sp³-hybridized carbons (Fsp3) is 0.700. The van der Waals surface area contributed by atoms with Gasteiger partial charge in [0.1, 0.15) is 0 Å². The SMILES string of the molecule is CCCCCCCCCCCCC(C[NH2+][O-])c1ccccc1. The average molecular weight is 306 g/mol. The molecule has 0 aliphatic rings. The minimum Gasteiger partial charge on any atom is -0.636 e. The molecule has 2 heteroatoms. The van der Waals surface area contributed by atoms with Gasteiger partial charge in [-0.3, -0.25) is 0 Å². The van der Waals surface area contributed by atoms with Crippen molar-refractivity contribution in [1.82, 2.24) is 0 Å². The van der Waals surface area contributed by atoms with E-state index < -0.39 is 0 Å². The highest BCUT2D eigenvalue weighted by molar-refractivity contribution is 5.19. The molecule has 0 heterocycles. The van der Waals surface area contributed by atoms with E-state index in [2.05, 4.69) is 31.2 Å². The largest absolute Gasteiger partial charge is 0.636 e. The summed E-state index contributed by atoms with van der Waals surface area (Å²) in [4.78, 5) is 0. The molecule has 0 aliphatic heterocycles. The van der Waals surface area contributed by atoms with Crippen LogP contribution in [0.3, 0.4) is 0 Å². The number of hydrogen-bond acceptors (Lipinski definition) is 1. The topological polar surface area (TPSA) is 39.7 Å². The van der Waals surface area contributed by atoms with E-state index in [1.807, 2.05) is 6.07 Å². The van der Waals surface area contributed by atoms with Gasteiger partial charge in [0.25, 0.3) is 0 Å². The quantitative estimate of drug-likeness (QED) is 0.375. The molecule has 0 aromatic heterocycles. The van der Waals surface area contributed by atoms with E-state index >= 15 is 0 Å². The number of nitrogens with two attached hydrogens (primary N) is 1. The smallest absolute Gasteiger partial charge is 0.0822 e. The monoisotopic (exact) mass is 305 g/mol. The lowest BCUT2D eigenvalue weighted by atomic mass is 9.93. The molecule has 22 heavy (non-hydrogen) atoms. The normalized spacial score (nSPS) is 12.5. The molecule has 126 valence electrons. The van der Waals surface area contributed by atoms with Crippen LogP contribution in [0.25, 0.3) is 0 Å². The van der Waals surface area contributed by atoms with Crippen molar-refractivity contribution in [2.24, 2.45) is 0 Å². The van der Waals surface area contributed by atoms with Crippen molar-refractivity contribution < 1.29 is 5.48 Å². The van der Waals surface area contributed by atoms with Gasteiger partial charge in [-0.25, -0.2) is 0 Å². The van der Waals surface area contributed by atoms with Gasteiger partial charge >= 0.3 is 0 Å². The van der Waals surface area contributed by atoms with Gasteiger partial charge in [-0.15, -0.1) is 0 Å². The lowest BCUT2D eigenvalue weighted by Gasteiger charge is -2.17. The Morgan fingerprint density at radius 2 is 1.36 bits per heavy atom. The Hall–Kier alpha value is -0.860. The van der Waals surface area contributed by atoms with Gasteiger partial charge in [0, 0.05) is 5.92 Å². The van der Waals surface area contributed by atoms with E-state index in [4.69, 9.17) is 0 Å². The van der Waals surface area contributed by atoms with Gasteiger partial charge in [0.2, 0.25) is 0 Å². The van der Waals surface area contributed by atoms with Crippen molar-refractivity contribution in [2.45, 2.75) is 83.5 Å². The predicted octanol–water partition coefficient (Wildman–Crippen LogP) is 5.14. The Morgan fingerprint density at radius 3 is 1.91 bits per heavy atom. The third-order valence-corrected chi connectivity index (χ3v) is 4.56. The van der Waals surface area contributed by atoms with Crippen LogP contribution in [-0.4, -0.2) is 6.54 Å². The minimum atomic E-state index is 0.424. The Morgan fingerprint density at radius 1 is 0.818 bits per heavy atom. The number of unbranched alkanes of at least 4 members (excludes halogenated alkanes) is 9. The van der Waals surface area contributed by atoms with E-state index in [0.717, 1.165) is 11.9 Å².